The molecule has 0 aliphatic carbocycles. The number of para-hydroxylation sites is 2. The van der Waals surface area contributed by atoms with Crippen LogP contribution >= 0.6 is 0 Å². The van der Waals surface area contributed by atoms with Gasteiger partial charge in [-0.25, -0.2) is 9.97 Å². The molecule has 1 atom stereocenters. The molecule has 1 N–H and O–H groups in total. The highest BCUT2D eigenvalue weighted by Gasteiger charge is 2.24. The summed E-state index contributed by atoms with van der Waals surface area (Å²) in [5.74, 6) is 0.868. The maximum atomic E-state index is 13.1. The number of aromatic nitrogens is 4. The molecule has 0 saturated carbocycles. The van der Waals surface area contributed by atoms with E-state index in [-0.39, 0.29) is 18.0 Å². The molecule has 166 valence electrons. The molecular weight excluding hydrogens is 422 g/mol. The second-order valence-corrected chi connectivity index (χ2v) is 7.59. The van der Waals surface area contributed by atoms with E-state index in [0.29, 0.717) is 22.7 Å². The van der Waals surface area contributed by atoms with Crippen molar-refractivity contribution in [3.05, 3.63) is 89.0 Å². The van der Waals surface area contributed by atoms with Crippen molar-refractivity contribution >= 4 is 28.0 Å². The van der Waals surface area contributed by atoms with E-state index in [1.165, 1.54) is 10.9 Å². The Kier molecular flexibility index (Phi) is 5.14. The van der Waals surface area contributed by atoms with Crippen LogP contribution in [0.2, 0.25) is 0 Å². The first-order chi connectivity index (χ1) is 16.1. The minimum absolute atomic E-state index is 0.122. The quantitative estimate of drug-likeness (QED) is 0.433. The largest absolute Gasteiger partial charge is 0.496 e. The van der Waals surface area contributed by atoms with Gasteiger partial charge in [0.05, 0.1) is 13.4 Å². The van der Waals surface area contributed by atoms with Crippen LogP contribution in [0, 0.1) is 0 Å². The molecule has 2 aromatic carbocycles. The standard InChI is InChI=1S/C24H21N5O4/c1-28-12-11-25-23(28)21(15-7-3-5-9-17(15)32-2)27-19(30)13-29-14-26-20-16-8-4-6-10-18(16)33-22(20)24(29)31/h3-12,14,21H,13H2,1-2H3,(H,27,30). The van der Waals surface area contributed by atoms with Crippen molar-refractivity contribution in [1.29, 1.82) is 0 Å². The topological polar surface area (TPSA) is 104 Å². The second-order valence-electron chi connectivity index (χ2n) is 7.59. The molecule has 5 rings (SSSR count). The molecule has 0 bridgehead atoms. The predicted octanol–water partition coefficient (Wildman–Crippen LogP) is 2.79. The molecule has 1 amide bonds. The Labute approximate surface area is 188 Å². The van der Waals surface area contributed by atoms with Crippen LogP contribution in [0.25, 0.3) is 22.1 Å². The van der Waals surface area contributed by atoms with Crippen LogP contribution in [0.15, 0.2) is 76.5 Å². The fraction of sp³-hybridized carbons (Fsp3) is 0.167. The first kappa shape index (κ1) is 20.5. The third-order valence-electron chi connectivity index (χ3n) is 5.54. The maximum absolute atomic E-state index is 13.1. The van der Waals surface area contributed by atoms with E-state index in [1.54, 1.807) is 25.6 Å². The first-order valence-corrected chi connectivity index (χ1v) is 10.3. The van der Waals surface area contributed by atoms with E-state index in [9.17, 15) is 9.59 Å². The summed E-state index contributed by atoms with van der Waals surface area (Å²) in [4.78, 5) is 34.8. The van der Waals surface area contributed by atoms with Crippen LogP contribution in [0.3, 0.4) is 0 Å². The van der Waals surface area contributed by atoms with Crippen molar-refractivity contribution in [2.45, 2.75) is 12.6 Å². The number of carbonyl (C=O) groups is 1. The zero-order chi connectivity index (χ0) is 22.9. The molecule has 3 aromatic heterocycles. The number of imidazole rings is 1. The predicted molar refractivity (Wildman–Crippen MR) is 122 cm³/mol. The van der Waals surface area contributed by atoms with Gasteiger partial charge in [-0.3, -0.25) is 14.2 Å². The van der Waals surface area contributed by atoms with E-state index in [2.05, 4.69) is 15.3 Å². The maximum Gasteiger partial charge on any atom is 0.297 e. The van der Waals surface area contributed by atoms with Gasteiger partial charge in [-0.2, -0.15) is 0 Å². The van der Waals surface area contributed by atoms with Crippen molar-refractivity contribution in [2.24, 2.45) is 7.05 Å². The molecule has 5 aromatic rings. The average Bonchev–Trinajstić information content (AvgIpc) is 3.43. The zero-order valence-corrected chi connectivity index (χ0v) is 18.1. The molecule has 33 heavy (non-hydrogen) atoms. The molecule has 1 unspecified atom stereocenters. The summed E-state index contributed by atoms with van der Waals surface area (Å²) in [6, 6.07) is 14.1. The highest BCUT2D eigenvalue weighted by Crippen LogP contribution is 2.29. The second kappa shape index (κ2) is 8.27. The number of hydrogen-bond acceptors (Lipinski definition) is 6. The Morgan fingerprint density at radius 3 is 2.73 bits per heavy atom. The molecule has 0 radical (unpaired) electrons. The lowest BCUT2D eigenvalue weighted by molar-refractivity contribution is -0.122. The number of carbonyl (C=O) groups excluding carboxylic acids is 1. The third-order valence-corrected chi connectivity index (χ3v) is 5.54. The van der Waals surface area contributed by atoms with Crippen LogP contribution in [-0.2, 0) is 18.4 Å². The average molecular weight is 443 g/mol. The minimum Gasteiger partial charge on any atom is -0.496 e. The van der Waals surface area contributed by atoms with E-state index in [1.807, 2.05) is 54.1 Å². The molecule has 0 spiro atoms. The van der Waals surface area contributed by atoms with Gasteiger partial charge >= 0.3 is 0 Å². The van der Waals surface area contributed by atoms with E-state index >= 15 is 0 Å². The first-order valence-electron chi connectivity index (χ1n) is 10.3. The van der Waals surface area contributed by atoms with Gasteiger partial charge in [-0.05, 0) is 18.2 Å². The molecule has 3 heterocycles. The number of aryl methyl sites for hydroxylation is 1. The molecule has 0 aliphatic heterocycles. The smallest absolute Gasteiger partial charge is 0.297 e. The number of fused-ring (bicyclic) bond motifs is 3. The summed E-state index contributed by atoms with van der Waals surface area (Å²) >= 11 is 0. The van der Waals surface area contributed by atoms with Crippen molar-refractivity contribution in [3.63, 3.8) is 0 Å². The van der Waals surface area contributed by atoms with Gasteiger partial charge < -0.3 is 19.0 Å². The lowest BCUT2D eigenvalue weighted by Crippen LogP contribution is -2.36. The molecule has 0 aliphatic rings. The molecule has 9 nitrogen and oxygen atoms in total. The summed E-state index contributed by atoms with van der Waals surface area (Å²) in [6.07, 6.45) is 4.83. The Balaban J connectivity index is 1.48. The lowest BCUT2D eigenvalue weighted by Gasteiger charge is -2.21. The van der Waals surface area contributed by atoms with Crippen LogP contribution in [0.1, 0.15) is 17.4 Å². The number of amides is 1. The van der Waals surface area contributed by atoms with E-state index < -0.39 is 11.6 Å². The number of benzene rings is 2. The number of hydrogen-bond donors (Lipinski definition) is 1. The van der Waals surface area contributed by atoms with Crippen molar-refractivity contribution in [2.75, 3.05) is 7.11 Å². The molecule has 0 fully saturated rings. The van der Waals surface area contributed by atoms with Crippen molar-refractivity contribution < 1.29 is 13.9 Å². The van der Waals surface area contributed by atoms with Gasteiger partial charge in [0.1, 0.15) is 35.3 Å². The summed E-state index contributed by atoms with van der Waals surface area (Å²) in [5, 5.41) is 3.74. The number of methoxy groups -OCH3 is 1. The fourth-order valence-electron chi connectivity index (χ4n) is 3.93. The van der Waals surface area contributed by atoms with Gasteiger partial charge in [0.2, 0.25) is 11.5 Å². The monoisotopic (exact) mass is 443 g/mol. The SMILES string of the molecule is COc1ccccc1C(NC(=O)Cn1cnc2c(oc3ccccc32)c1=O)c1nccn1C. The molecule has 0 saturated heterocycles. The molecule has 9 heteroatoms. The lowest BCUT2D eigenvalue weighted by atomic mass is 10.0. The van der Waals surface area contributed by atoms with Gasteiger partial charge in [0.25, 0.3) is 5.56 Å². The Bertz CT molecular complexity index is 1530. The highest BCUT2D eigenvalue weighted by atomic mass is 16.5. The van der Waals surface area contributed by atoms with E-state index in [0.717, 1.165) is 10.9 Å². The fourth-order valence-corrected chi connectivity index (χ4v) is 3.93. The number of nitrogens with one attached hydrogen (secondary N) is 1. The highest BCUT2D eigenvalue weighted by molar-refractivity contribution is 6.01. The third kappa shape index (κ3) is 3.63. The normalized spacial score (nSPS) is 12.2. The molecular formula is C24H21N5O4. The van der Waals surface area contributed by atoms with Crippen molar-refractivity contribution in [1.82, 2.24) is 24.4 Å². The Morgan fingerprint density at radius 1 is 1.15 bits per heavy atom. The number of ether oxygens (including phenoxy) is 1. The van der Waals surface area contributed by atoms with Crippen LogP contribution in [0.5, 0.6) is 5.75 Å². The Hall–Kier alpha value is -4.40. The number of rotatable bonds is 6. The van der Waals surface area contributed by atoms with E-state index in [4.69, 9.17) is 9.15 Å². The zero-order valence-electron chi connectivity index (χ0n) is 18.1. The summed E-state index contributed by atoms with van der Waals surface area (Å²) in [6.45, 7) is -0.227. The van der Waals surface area contributed by atoms with Gasteiger partial charge in [0.15, 0.2) is 0 Å². The van der Waals surface area contributed by atoms with Gasteiger partial charge in [0, 0.05) is 30.4 Å². The number of furan rings is 1. The Morgan fingerprint density at radius 2 is 1.94 bits per heavy atom. The van der Waals surface area contributed by atoms with Gasteiger partial charge in [-0.15, -0.1) is 0 Å². The summed E-state index contributed by atoms with van der Waals surface area (Å²) in [7, 11) is 3.42. The van der Waals surface area contributed by atoms with Crippen LogP contribution in [-0.4, -0.2) is 32.1 Å². The number of nitrogens with zero attached hydrogens (tertiary/aromatic N) is 4. The summed E-state index contributed by atoms with van der Waals surface area (Å²) < 4.78 is 14.3. The van der Waals surface area contributed by atoms with Crippen molar-refractivity contribution in [3.8, 4) is 5.75 Å². The van der Waals surface area contributed by atoms with Crippen LogP contribution < -0.4 is 15.6 Å². The minimum atomic E-state index is -0.577. The van der Waals surface area contributed by atoms with Crippen LogP contribution in [0.4, 0.5) is 0 Å². The summed E-state index contributed by atoms with van der Waals surface area (Å²) in [5.41, 5.74) is 1.51. The van der Waals surface area contributed by atoms with Gasteiger partial charge in [-0.1, -0.05) is 30.3 Å².